The van der Waals surface area contributed by atoms with Gasteiger partial charge in [-0.25, -0.2) is 14.8 Å². The molecule has 6 rings (SSSR count). The fourth-order valence-corrected chi connectivity index (χ4v) is 5.01. The minimum absolute atomic E-state index is 0.0487. The minimum atomic E-state index is -0.226. The van der Waals surface area contributed by atoms with E-state index < -0.39 is 0 Å². The summed E-state index contributed by atoms with van der Waals surface area (Å²) in [5.74, 6) is 0.546. The number of fused-ring (bicyclic) bond motifs is 1. The van der Waals surface area contributed by atoms with Crippen molar-refractivity contribution in [3.05, 3.63) is 103 Å². The van der Waals surface area contributed by atoms with E-state index in [-0.39, 0.29) is 11.9 Å². The number of hydrogen-bond donors (Lipinski definition) is 2. The standard InChI is InChI=1S/C32H31N7O3/c1-22-26(9-6-10-27(22)36-32(41)37(2)25-7-4-3-5-8-25)24-19-28(30-33-13-14-39(30)21-24)35-29-12-11-23(20-34-29)31(40)38-15-17-42-18-16-38/h3-14,19-21H,15-18H2,1-2H3,(H,34,35)(H,36,41). The van der Waals surface area contributed by atoms with E-state index >= 15 is 0 Å². The van der Waals surface area contributed by atoms with E-state index in [1.54, 1.807) is 41.4 Å². The zero-order valence-corrected chi connectivity index (χ0v) is 23.4. The van der Waals surface area contributed by atoms with Crippen molar-refractivity contribution in [1.29, 1.82) is 0 Å². The molecule has 0 aliphatic carbocycles. The van der Waals surface area contributed by atoms with E-state index in [1.807, 2.05) is 78.3 Å². The van der Waals surface area contributed by atoms with Gasteiger partial charge in [0.15, 0.2) is 5.65 Å². The molecule has 0 saturated carbocycles. The Morgan fingerprint density at radius 2 is 1.76 bits per heavy atom. The lowest BCUT2D eigenvalue weighted by molar-refractivity contribution is 0.0302. The van der Waals surface area contributed by atoms with Gasteiger partial charge in [0, 0.05) is 61.9 Å². The maximum Gasteiger partial charge on any atom is 0.326 e. The second-order valence-electron chi connectivity index (χ2n) is 10.1. The third kappa shape index (κ3) is 5.52. The van der Waals surface area contributed by atoms with Gasteiger partial charge in [0.05, 0.1) is 24.5 Å². The lowest BCUT2D eigenvalue weighted by Crippen LogP contribution is -2.40. The number of benzene rings is 2. The van der Waals surface area contributed by atoms with Crippen LogP contribution in [0.4, 0.5) is 27.7 Å². The lowest BCUT2D eigenvalue weighted by Gasteiger charge is -2.26. The molecule has 3 aromatic heterocycles. The molecule has 0 spiro atoms. The third-order valence-electron chi connectivity index (χ3n) is 7.39. The van der Waals surface area contributed by atoms with Crippen LogP contribution in [0.25, 0.3) is 16.8 Å². The van der Waals surface area contributed by atoms with Crippen LogP contribution >= 0.6 is 0 Å². The van der Waals surface area contributed by atoms with Crippen molar-refractivity contribution in [3.8, 4) is 11.1 Å². The summed E-state index contributed by atoms with van der Waals surface area (Å²) in [6.45, 7) is 4.25. The fraction of sp³-hybridized carbons (Fsp3) is 0.188. The predicted octanol–water partition coefficient (Wildman–Crippen LogP) is 5.59. The molecule has 4 heterocycles. The van der Waals surface area contributed by atoms with E-state index in [1.165, 1.54) is 0 Å². The first-order valence-corrected chi connectivity index (χ1v) is 13.7. The predicted molar refractivity (Wildman–Crippen MR) is 163 cm³/mol. The monoisotopic (exact) mass is 561 g/mol. The smallest absolute Gasteiger partial charge is 0.326 e. The molecule has 42 heavy (non-hydrogen) atoms. The quantitative estimate of drug-likeness (QED) is 0.280. The average Bonchev–Trinajstić information content (AvgIpc) is 3.52. The van der Waals surface area contributed by atoms with Gasteiger partial charge in [-0.1, -0.05) is 30.3 Å². The van der Waals surface area contributed by atoms with Gasteiger partial charge in [-0.15, -0.1) is 0 Å². The molecule has 10 nitrogen and oxygen atoms in total. The van der Waals surface area contributed by atoms with E-state index in [0.717, 1.165) is 39.4 Å². The maximum absolute atomic E-state index is 13.0. The van der Waals surface area contributed by atoms with Crippen molar-refractivity contribution in [2.75, 3.05) is 48.9 Å². The van der Waals surface area contributed by atoms with Crippen LogP contribution in [-0.4, -0.2) is 64.6 Å². The van der Waals surface area contributed by atoms with Crippen LogP contribution in [0.2, 0.25) is 0 Å². The number of rotatable bonds is 6. The highest BCUT2D eigenvalue weighted by Crippen LogP contribution is 2.33. The number of imidazole rings is 1. The van der Waals surface area contributed by atoms with Gasteiger partial charge in [0.2, 0.25) is 0 Å². The molecule has 1 aliphatic heterocycles. The fourth-order valence-electron chi connectivity index (χ4n) is 5.01. The summed E-state index contributed by atoms with van der Waals surface area (Å²) in [7, 11) is 1.74. The van der Waals surface area contributed by atoms with Crippen LogP contribution in [0.1, 0.15) is 15.9 Å². The van der Waals surface area contributed by atoms with E-state index in [4.69, 9.17) is 4.74 Å². The summed E-state index contributed by atoms with van der Waals surface area (Å²) in [5, 5.41) is 6.42. The Labute approximate surface area is 243 Å². The Kier molecular flexibility index (Phi) is 7.52. The van der Waals surface area contributed by atoms with Crippen LogP contribution in [0.15, 0.2) is 91.5 Å². The van der Waals surface area contributed by atoms with Crippen LogP contribution < -0.4 is 15.5 Å². The number of para-hydroxylation sites is 1. The van der Waals surface area contributed by atoms with Gasteiger partial charge >= 0.3 is 6.03 Å². The number of aromatic nitrogens is 3. The molecule has 5 aromatic rings. The molecule has 0 radical (unpaired) electrons. The first kappa shape index (κ1) is 27.0. The molecule has 2 aromatic carbocycles. The maximum atomic E-state index is 13.0. The lowest BCUT2D eigenvalue weighted by atomic mass is 10.00. The van der Waals surface area contributed by atoms with Crippen molar-refractivity contribution in [1.82, 2.24) is 19.3 Å². The number of amides is 3. The second kappa shape index (κ2) is 11.7. The van der Waals surface area contributed by atoms with Crippen LogP contribution in [0.5, 0.6) is 0 Å². The van der Waals surface area contributed by atoms with Crippen LogP contribution in [-0.2, 0) is 4.74 Å². The number of nitrogens with zero attached hydrogens (tertiary/aromatic N) is 5. The van der Waals surface area contributed by atoms with Crippen molar-refractivity contribution in [2.24, 2.45) is 0 Å². The van der Waals surface area contributed by atoms with E-state index in [9.17, 15) is 9.59 Å². The van der Waals surface area contributed by atoms with Crippen molar-refractivity contribution < 1.29 is 14.3 Å². The molecule has 3 amide bonds. The highest BCUT2D eigenvalue weighted by atomic mass is 16.5. The zero-order valence-electron chi connectivity index (χ0n) is 23.4. The van der Waals surface area contributed by atoms with Crippen LogP contribution in [0.3, 0.4) is 0 Å². The molecular weight excluding hydrogens is 530 g/mol. The van der Waals surface area contributed by atoms with Gasteiger partial charge < -0.3 is 24.7 Å². The number of nitrogens with one attached hydrogen (secondary N) is 2. The Bertz CT molecular complexity index is 1730. The first-order valence-electron chi connectivity index (χ1n) is 13.7. The van der Waals surface area contributed by atoms with Gasteiger partial charge in [0.1, 0.15) is 5.82 Å². The summed E-state index contributed by atoms with van der Waals surface area (Å²) in [4.78, 5) is 38.2. The number of carbonyl (C=O) groups excluding carboxylic acids is 2. The molecule has 10 heteroatoms. The van der Waals surface area contributed by atoms with E-state index in [0.29, 0.717) is 37.7 Å². The molecule has 1 saturated heterocycles. The normalized spacial score (nSPS) is 13.1. The number of hydrogen-bond acceptors (Lipinski definition) is 6. The first-order chi connectivity index (χ1) is 20.5. The third-order valence-corrected chi connectivity index (χ3v) is 7.39. The topological polar surface area (TPSA) is 104 Å². The largest absolute Gasteiger partial charge is 0.378 e. The molecule has 212 valence electrons. The van der Waals surface area contributed by atoms with Crippen molar-refractivity contribution in [3.63, 3.8) is 0 Å². The summed E-state index contributed by atoms with van der Waals surface area (Å²) < 4.78 is 7.30. The Morgan fingerprint density at radius 1 is 0.952 bits per heavy atom. The zero-order chi connectivity index (χ0) is 29.1. The summed E-state index contributed by atoms with van der Waals surface area (Å²) in [6.07, 6.45) is 7.23. The Morgan fingerprint density at radius 3 is 2.52 bits per heavy atom. The number of pyridine rings is 2. The summed E-state index contributed by atoms with van der Waals surface area (Å²) in [5.41, 5.74) is 6.40. The highest BCUT2D eigenvalue weighted by Gasteiger charge is 2.19. The van der Waals surface area contributed by atoms with Crippen molar-refractivity contribution >= 4 is 40.5 Å². The highest BCUT2D eigenvalue weighted by molar-refractivity contribution is 6.02. The molecule has 0 bridgehead atoms. The van der Waals surface area contributed by atoms with Gasteiger partial charge in [-0.3, -0.25) is 9.69 Å². The Balaban J connectivity index is 1.25. The number of anilines is 4. The van der Waals surface area contributed by atoms with E-state index in [2.05, 4.69) is 20.6 Å². The summed E-state index contributed by atoms with van der Waals surface area (Å²) >= 11 is 0. The van der Waals surface area contributed by atoms with Crippen molar-refractivity contribution in [2.45, 2.75) is 6.92 Å². The molecule has 1 fully saturated rings. The molecule has 0 atom stereocenters. The Hall–Kier alpha value is -5.22. The molecule has 1 aliphatic rings. The van der Waals surface area contributed by atoms with Crippen LogP contribution in [0, 0.1) is 6.92 Å². The number of carbonyl (C=O) groups is 2. The second-order valence-corrected chi connectivity index (χ2v) is 10.1. The molecule has 2 N–H and O–H groups in total. The number of morpholine rings is 1. The molecular formula is C32H31N7O3. The average molecular weight is 562 g/mol. The van der Waals surface area contributed by atoms with Gasteiger partial charge in [0.25, 0.3) is 5.91 Å². The van der Waals surface area contributed by atoms with Gasteiger partial charge in [-0.05, 0) is 54.4 Å². The number of urea groups is 1. The number of ether oxygens (including phenoxy) is 1. The van der Waals surface area contributed by atoms with Gasteiger partial charge in [-0.2, -0.15) is 0 Å². The summed E-state index contributed by atoms with van der Waals surface area (Å²) in [6, 6.07) is 20.7. The molecule has 0 unspecified atom stereocenters. The minimum Gasteiger partial charge on any atom is -0.378 e. The SMILES string of the molecule is Cc1c(NC(=O)N(C)c2ccccc2)cccc1-c1cc(Nc2ccc(C(=O)N3CCOCC3)cn2)c2nccn2c1.